The van der Waals surface area contributed by atoms with Gasteiger partial charge in [0.2, 0.25) is 0 Å². The molecule has 2 fully saturated rings. The van der Waals surface area contributed by atoms with Crippen LogP contribution >= 0.6 is 35.6 Å². The Hall–Kier alpha value is -0.990. The first-order valence-electron chi connectivity index (χ1n) is 9.70. The molecule has 1 aromatic carbocycles. The van der Waals surface area contributed by atoms with Gasteiger partial charge in [0.1, 0.15) is 0 Å². The summed E-state index contributed by atoms with van der Waals surface area (Å²) >= 11 is 6.15. The number of rotatable bonds is 4. The van der Waals surface area contributed by atoms with Crippen molar-refractivity contribution in [2.75, 3.05) is 39.8 Å². The lowest BCUT2D eigenvalue weighted by atomic mass is 10.1. The van der Waals surface area contributed by atoms with Crippen molar-refractivity contribution in [3.05, 3.63) is 35.0 Å². The highest BCUT2D eigenvalue weighted by Gasteiger charge is 2.30. The van der Waals surface area contributed by atoms with Crippen LogP contribution in [0.3, 0.4) is 0 Å². The number of likely N-dealkylation sites (tertiary alicyclic amines) is 2. The molecule has 2 saturated heterocycles. The highest BCUT2D eigenvalue weighted by atomic mass is 127. The van der Waals surface area contributed by atoms with Crippen molar-refractivity contribution in [1.29, 1.82) is 0 Å². The quantitative estimate of drug-likeness (QED) is 0.381. The van der Waals surface area contributed by atoms with E-state index < -0.39 is 0 Å². The third kappa shape index (κ3) is 4.71. The molecule has 5 nitrogen and oxygen atoms in total. The van der Waals surface area contributed by atoms with Gasteiger partial charge in [-0.2, -0.15) is 0 Å². The standard InChI is InChI=1S/C20H28ClN5.HI/c1-22-20(26-11-7-17(14-26)25-9-2-3-10-25)23-8-6-15-13-24-19-5-4-16(21)12-18(15)19;/h4-5,12-13,17,24H,2-3,6-11,14H2,1H3,(H,22,23);1H. The predicted octanol–water partition coefficient (Wildman–Crippen LogP) is 3.73. The molecule has 0 spiro atoms. The SMILES string of the molecule is CN=C(NCCc1c[nH]c2ccc(Cl)cc12)N1CCC(N2CCCC2)C1.I. The number of halogens is 2. The number of hydrogen-bond donors (Lipinski definition) is 2. The normalized spacial score (nSPS) is 21.0. The van der Waals surface area contributed by atoms with Crippen LogP contribution < -0.4 is 5.32 Å². The number of aromatic amines is 1. The molecule has 0 radical (unpaired) electrons. The van der Waals surface area contributed by atoms with Crippen LogP contribution in [0.1, 0.15) is 24.8 Å². The zero-order valence-corrected chi connectivity index (χ0v) is 19.0. The van der Waals surface area contributed by atoms with Gasteiger partial charge in [-0.1, -0.05) is 11.6 Å². The molecule has 3 heterocycles. The first-order chi connectivity index (χ1) is 12.7. The summed E-state index contributed by atoms with van der Waals surface area (Å²) in [4.78, 5) is 12.9. The van der Waals surface area contributed by atoms with Crippen LogP contribution in [0, 0.1) is 0 Å². The van der Waals surface area contributed by atoms with Crippen LogP contribution in [0.4, 0.5) is 0 Å². The minimum Gasteiger partial charge on any atom is -0.361 e. The number of guanidine groups is 1. The van der Waals surface area contributed by atoms with Crippen LogP contribution in [-0.2, 0) is 6.42 Å². The number of nitrogens with one attached hydrogen (secondary N) is 2. The van der Waals surface area contributed by atoms with Crippen LogP contribution in [0.2, 0.25) is 5.02 Å². The summed E-state index contributed by atoms with van der Waals surface area (Å²) < 4.78 is 0. The second-order valence-corrected chi connectivity index (χ2v) is 7.80. The molecule has 1 aromatic heterocycles. The summed E-state index contributed by atoms with van der Waals surface area (Å²) in [6.07, 6.45) is 7.01. The number of aliphatic imine (C=N–C) groups is 1. The molecule has 2 aromatic rings. The molecule has 27 heavy (non-hydrogen) atoms. The van der Waals surface area contributed by atoms with E-state index in [9.17, 15) is 0 Å². The van der Waals surface area contributed by atoms with E-state index in [0.29, 0.717) is 6.04 Å². The Kier molecular flexibility index (Phi) is 7.28. The van der Waals surface area contributed by atoms with E-state index in [2.05, 4.69) is 31.3 Å². The van der Waals surface area contributed by atoms with Gasteiger partial charge < -0.3 is 15.2 Å². The van der Waals surface area contributed by atoms with Crippen LogP contribution in [0.25, 0.3) is 10.9 Å². The first-order valence-corrected chi connectivity index (χ1v) is 10.1. The van der Waals surface area contributed by atoms with Crippen molar-refractivity contribution in [2.45, 2.75) is 31.7 Å². The van der Waals surface area contributed by atoms with E-state index in [1.54, 1.807) is 0 Å². The number of hydrogen-bond acceptors (Lipinski definition) is 2. The van der Waals surface area contributed by atoms with Gasteiger partial charge in [0.25, 0.3) is 0 Å². The van der Waals surface area contributed by atoms with E-state index in [1.807, 2.05) is 25.2 Å². The van der Waals surface area contributed by atoms with Gasteiger partial charge in [-0.3, -0.25) is 9.89 Å². The van der Waals surface area contributed by atoms with Crippen LogP contribution in [0.5, 0.6) is 0 Å². The summed E-state index contributed by atoms with van der Waals surface area (Å²) in [6.45, 7) is 5.62. The zero-order chi connectivity index (χ0) is 17.9. The second kappa shape index (κ2) is 9.47. The fourth-order valence-corrected chi connectivity index (χ4v) is 4.51. The lowest BCUT2D eigenvalue weighted by Gasteiger charge is -2.25. The largest absolute Gasteiger partial charge is 0.361 e. The van der Waals surface area contributed by atoms with Gasteiger partial charge in [-0.15, -0.1) is 24.0 Å². The average Bonchev–Trinajstić information content (AvgIpc) is 3.39. The second-order valence-electron chi connectivity index (χ2n) is 7.36. The van der Waals surface area contributed by atoms with Crippen molar-refractivity contribution in [2.24, 2.45) is 4.99 Å². The molecule has 7 heteroatoms. The molecule has 0 aliphatic carbocycles. The maximum absolute atomic E-state index is 6.15. The van der Waals surface area contributed by atoms with Crippen molar-refractivity contribution in [3.63, 3.8) is 0 Å². The number of H-pyrrole nitrogens is 1. The molecule has 2 N–H and O–H groups in total. The predicted molar refractivity (Wildman–Crippen MR) is 125 cm³/mol. The van der Waals surface area contributed by atoms with Gasteiger partial charge in [0.15, 0.2) is 5.96 Å². The minimum absolute atomic E-state index is 0. The molecule has 0 bridgehead atoms. The third-order valence-electron chi connectivity index (χ3n) is 5.74. The minimum atomic E-state index is 0. The van der Waals surface area contributed by atoms with Gasteiger partial charge >= 0.3 is 0 Å². The summed E-state index contributed by atoms with van der Waals surface area (Å²) in [5.74, 6) is 1.03. The molecule has 2 aliphatic rings. The van der Waals surface area contributed by atoms with Crippen molar-refractivity contribution < 1.29 is 0 Å². The monoisotopic (exact) mass is 501 g/mol. The lowest BCUT2D eigenvalue weighted by molar-refractivity contribution is 0.249. The Balaban J connectivity index is 0.00000210. The van der Waals surface area contributed by atoms with Crippen molar-refractivity contribution in [1.82, 2.24) is 20.1 Å². The number of nitrogens with zero attached hydrogens (tertiary/aromatic N) is 3. The molecule has 4 rings (SSSR count). The van der Waals surface area contributed by atoms with Gasteiger partial charge in [0.05, 0.1) is 0 Å². The molecule has 0 saturated carbocycles. The topological polar surface area (TPSA) is 46.7 Å². The maximum Gasteiger partial charge on any atom is 0.193 e. The smallest absolute Gasteiger partial charge is 0.193 e. The van der Waals surface area contributed by atoms with E-state index in [1.165, 1.54) is 43.3 Å². The Morgan fingerprint density at radius 2 is 2.11 bits per heavy atom. The van der Waals surface area contributed by atoms with Gasteiger partial charge in [-0.05, 0) is 62.5 Å². The van der Waals surface area contributed by atoms with Crippen molar-refractivity contribution >= 4 is 52.4 Å². The average molecular weight is 502 g/mol. The van der Waals surface area contributed by atoms with Crippen LogP contribution in [-0.4, -0.2) is 66.6 Å². The highest BCUT2D eigenvalue weighted by molar-refractivity contribution is 14.0. The summed E-state index contributed by atoms with van der Waals surface area (Å²) in [5, 5.41) is 5.55. The fraction of sp³-hybridized carbons (Fsp3) is 0.550. The molecule has 2 aliphatic heterocycles. The fourth-order valence-electron chi connectivity index (χ4n) is 4.34. The Bertz CT molecular complexity index is 784. The first kappa shape index (κ1) is 20.7. The Morgan fingerprint density at radius 3 is 2.89 bits per heavy atom. The number of benzene rings is 1. The lowest BCUT2D eigenvalue weighted by Crippen LogP contribution is -2.43. The summed E-state index contributed by atoms with van der Waals surface area (Å²) in [6, 6.07) is 6.70. The van der Waals surface area contributed by atoms with Gasteiger partial charge in [0, 0.05) is 54.8 Å². The molecule has 1 unspecified atom stereocenters. The van der Waals surface area contributed by atoms with E-state index >= 15 is 0 Å². The zero-order valence-electron chi connectivity index (χ0n) is 15.9. The van der Waals surface area contributed by atoms with Crippen molar-refractivity contribution in [3.8, 4) is 0 Å². The molecular formula is C20H29ClIN5. The van der Waals surface area contributed by atoms with Gasteiger partial charge in [-0.25, -0.2) is 0 Å². The van der Waals surface area contributed by atoms with E-state index in [0.717, 1.165) is 42.6 Å². The third-order valence-corrected chi connectivity index (χ3v) is 5.97. The Morgan fingerprint density at radius 1 is 1.30 bits per heavy atom. The number of aromatic nitrogens is 1. The molecule has 1 atom stereocenters. The Labute approximate surface area is 183 Å². The molecule has 148 valence electrons. The summed E-state index contributed by atoms with van der Waals surface area (Å²) in [7, 11) is 1.89. The number of fused-ring (bicyclic) bond motifs is 1. The maximum atomic E-state index is 6.15. The summed E-state index contributed by atoms with van der Waals surface area (Å²) in [5.41, 5.74) is 2.43. The highest BCUT2D eigenvalue weighted by Crippen LogP contribution is 2.23. The van der Waals surface area contributed by atoms with E-state index in [4.69, 9.17) is 11.6 Å². The van der Waals surface area contributed by atoms with E-state index in [-0.39, 0.29) is 24.0 Å². The molecular weight excluding hydrogens is 473 g/mol. The van der Waals surface area contributed by atoms with Crippen LogP contribution in [0.15, 0.2) is 29.4 Å². The molecule has 0 amide bonds.